The molecule has 0 saturated heterocycles. The Hall–Kier alpha value is -1.38. The van der Waals surface area contributed by atoms with Gasteiger partial charge in [0.1, 0.15) is 0 Å². The van der Waals surface area contributed by atoms with Crippen LogP contribution >= 0.6 is 0 Å². The minimum absolute atomic E-state index is 0.597. The van der Waals surface area contributed by atoms with Crippen LogP contribution in [0.3, 0.4) is 0 Å². The molecule has 1 aromatic heterocycles. The first-order valence-electron chi connectivity index (χ1n) is 3.54. The molecule has 60 valence electrons. The summed E-state index contributed by atoms with van der Waals surface area (Å²) in [5.41, 5.74) is 6.70. The Bertz CT molecular complexity index is 220. The highest BCUT2D eigenvalue weighted by Crippen LogP contribution is 2.03. The number of pyridine rings is 1. The normalized spacial score (nSPS) is 7.82. The minimum Gasteiger partial charge on any atom is -0.398 e. The Balaban J connectivity index is 0.000000461. The summed E-state index contributed by atoms with van der Waals surface area (Å²) in [5.74, 6) is 0. The van der Waals surface area contributed by atoms with E-state index in [-0.39, 0.29) is 0 Å². The van der Waals surface area contributed by atoms with Gasteiger partial charge in [0.05, 0.1) is 0 Å². The van der Waals surface area contributed by atoms with Crippen LogP contribution in [0.2, 0.25) is 0 Å². The van der Waals surface area contributed by atoms with Gasteiger partial charge >= 0.3 is 0 Å². The number of nitrogens with two attached hydrogens (primary N) is 1. The van der Waals surface area contributed by atoms with Gasteiger partial charge in [0.2, 0.25) is 0 Å². The lowest BCUT2D eigenvalue weighted by Crippen LogP contribution is -1.91. The van der Waals surface area contributed by atoms with Gasteiger partial charge in [-0.15, -0.1) is 0 Å². The number of nitrogens with one attached hydrogen (secondary N) is 1. The number of aromatic nitrogens is 1. The largest absolute Gasteiger partial charge is 0.398 e. The third-order valence-electron chi connectivity index (χ3n) is 1.04. The molecule has 0 aromatic carbocycles. The van der Waals surface area contributed by atoms with Crippen molar-refractivity contribution in [3.63, 3.8) is 0 Å². The molecule has 1 heterocycles. The standard InChI is InChI=1S/C6H7N3.C2H6/c7-3-5-4-9-2-1-6(5)8;1-2/h1-4,7H,(H2,8,9);1-2H3. The zero-order valence-electron chi connectivity index (χ0n) is 6.83. The Morgan fingerprint density at radius 2 is 2.18 bits per heavy atom. The molecule has 3 N–H and O–H groups in total. The smallest absolute Gasteiger partial charge is 0.0434 e. The van der Waals surface area contributed by atoms with Crippen LogP contribution in [0.15, 0.2) is 18.5 Å². The van der Waals surface area contributed by atoms with Crippen molar-refractivity contribution in [1.29, 1.82) is 5.41 Å². The van der Waals surface area contributed by atoms with Gasteiger partial charge in [0.25, 0.3) is 0 Å². The van der Waals surface area contributed by atoms with E-state index in [0.29, 0.717) is 11.3 Å². The van der Waals surface area contributed by atoms with Crippen molar-refractivity contribution in [3.8, 4) is 0 Å². The molecule has 3 nitrogen and oxygen atoms in total. The fourth-order valence-corrected chi connectivity index (χ4v) is 0.538. The molecule has 0 aliphatic heterocycles. The molecule has 11 heavy (non-hydrogen) atoms. The fourth-order valence-electron chi connectivity index (χ4n) is 0.538. The van der Waals surface area contributed by atoms with Crippen molar-refractivity contribution in [2.24, 2.45) is 0 Å². The maximum atomic E-state index is 6.84. The molecule has 0 unspecified atom stereocenters. The summed E-state index contributed by atoms with van der Waals surface area (Å²) in [5, 5.41) is 6.84. The van der Waals surface area contributed by atoms with E-state index in [9.17, 15) is 0 Å². The Kier molecular flexibility index (Phi) is 4.73. The first kappa shape index (κ1) is 9.62. The lowest BCUT2D eigenvalue weighted by Gasteiger charge is -1.93. The van der Waals surface area contributed by atoms with Crippen molar-refractivity contribution in [3.05, 3.63) is 24.0 Å². The van der Waals surface area contributed by atoms with Gasteiger partial charge in [-0.25, -0.2) is 0 Å². The lowest BCUT2D eigenvalue weighted by molar-refractivity contribution is 1.32. The van der Waals surface area contributed by atoms with Crippen LogP contribution in [0.5, 0.6) is 0 Å². The number of anilines is 1. The Labute approximate surface area is 66.8 Å². The quantitative estimate of drug-likeness (QED) is 0.600. The molecular weight excluding hydrogens is 138 g/mol. The molecule has 0 bridgehead atoms. The molecular formula is C8H13N3. The van der Waals surface area contributed by atoms with Crippen molar-refractivity contribution in [1.82, 2.24) is 4.98 Å². The van der Waals surface area contributed by atoms with Gasteiger partial charge in [0.15, 0.2) is 0 Å². The summed E-state index contributed by atoms with van der Waals surface area (Å²) in [6, 6.07) is 1.67. The molecule has 0 spiro atoms. The van der Waals surface area contributed by atoms with E-state index in [4.69, 9.17) is 11.1 Å². The molecule has 0 saturated carbocycles. The monoisotopic (exact) mass is 151 g/mol. The Morgan fingerprint density at radius 3 is 2.55 bits per heavy atom. The number of nitrogen functional groups attached to an aromatic ring is 1. The molecule has 0 fully saturated rings. The summed E-state index contributed by atoms with van der Waals surface area (Å²) < 4.78 is 0. The average molecular weight is 151 g/mol. The lowest BCUT2D eigenvalue weighted by atomic mass is 10.3. The van der Waals surface area contributed by atoms with E-state index < -0.39 is 0 Å². The van der Waals surface area contributed by atoms with Crippen molar-refractivity contribution >= 4 is 11.9 Å². The summed E-state index contributed by atoms with van der Waals surface area (Å²) in [4.78, 5) is 3.79. The molecule has 0 aliphatic rings. The summed E-state index contributed by atoms with van der Waals surface area (Å²) in [6.45, 7) is 4.00. The van der Waals surface area contributed by atoms with Crippen LogP contribution in [-0.2, 0) is 0 Å². The topological polar surface area (TPSA) is 62.8 Å². The minimum atomic E-state index is 0.597. The van der Waals surface area contributed by atoms with E-state index in [0.717, 1.165) is 0 Å². The van der Waals surface area contributed by atoms with E-state index >= 15 is 0 Å². The zero-order chi connectivity index (χ0) is 8.69. The SMILES string of the molecule is CC.N=Cc1cnccc1N. The van der Waals surface area contributed by atoms with Crippen LogP contribution in [-0.4, -0.2) is 11.2 Å². The zero-order valence-corrected chi connectivity index (χ0v) is 6.83. The van der Waals surface area contributed by atoms with Crippen LogP contribution in [0, 0.1) is 5.41 Å². The predicted octanol–water partition coefficient (Wildman–Crippen LogP) is 1.69. The van der Waals surface area contributed by atoms with Crippen LogP contribution in [0.25, 0.3) is 0 Å². The highest BCUT2D eigenvalue weighted by molar-refractivity contribution is 5.83. The summed E-state index contributed by atoms with van der Waals surface area (Å²) in [7, 11) is 0. The van der Waals surface area contributed by atoms with Crippen molar-refractivity contribution in [2.75, 3.05) is 5.73 Å². The number of nitrogens with zero attached hydrogens (tertiary/aromatic N) is 1. The predicted molar refractivity (Wildman–Crippen MR) is 47.9 cm³/mol. The van der Waals surface area contributed by atoms with Gasteiger partial charge in [-0.3, -0.25) is 4.98 Å². The second-order valence-corrected chi connectivity index (χ2v) is 1.65. The highest BCUT2D eigenvalue weighted by atomic mass is 14.7. The van der Waals surface area contributed by atoms with Gasteiger partial charge < -0.3 is 11.1 Å². The van der Waals surface area contributed by atoms with E-state index in [1.807, 2.05) is 13.8 Å². The molecule has 3 heteroatoms. The van der Waals surface area contributed by atoms with Gasteiger partial charge in [-0.1, -0.05) is 13.8 Å². The maximum absolute atomic E-state index is 6.84. The number of rotatable bonds is 1. The number of hydrogen-bond donors (Lipinski definition) is 2. The first-order chi connectivity index (χ1) is 5.34. The van der Waals surface area contributed by atoms with E-state index in [1.165, 1.54) is 6.21 Å². The molecule has 0 aliphatic carbocycles. The first-order valence-corrected chi connectivity index (χ1v) is 3.54. The second kappa shape index (κ2) is 5.41. The van der Waals surface area contributed by atoms with Gasteiger partial charge in [-0.2, -0.15) is 0 Å². The van der Waals surface area contributed by atoms with E-state index in [2.05, 4.69) is 4.98 Å². The summed E-state index contributed by atoms with van der Waals surface area (Å²) in [6.07, 6.45) is 4.34. The van der Waals surface area contributed by atoms with Crippen LogP contribution < -0.4 is 5.73 Å². The van der Waals surface area contributed by atoms with Crippen molar-refractivity contribution < 1.29 is 0 Å². The average Bonchev–Trinajstić information content (AvgIpc) is 2.09. The molecule has 0 amide bonds. The summed E-state index contributed by atoms with van der Waals surface area (Å²) >= 11 is 0. The maximum Gasteiger partial charge on any atom is 0.0434 e. The van der Waals surface area contributed by atoms with Crippen molar-refractivity contribution in [2.45, 2.75) is 13.8 Å². The Morgan fingerprint density at radius 1 is 1.55 bits per heavy atom. The molecule has 1 aromatic rings. The second-order valence-electron chi connectivity index (χ2n) is 1.65. The number of hydrogen-bond acceptors (Lipinski definition) is 3. The van der Waals surface area contributed by atoms with Crippen LogP contribution in [0.1, 0.15) is 19.4 Å². The highest BCUT2D eigenvalue weighted by Gasteiger charge is 1.89. The third-order valence-corrected chi connectivity index (χ3v) is 1.04. The molecule has 0 radical (unpaired) electrons. The third kappa shape index (κ3) is 2.80. The van der Waals surface area contributed by atoms with E-state index in [1.54, 1.807) is 18.5 Å². The van der Waals surface area contributed by atoms with Crippen LogP contribution in [0.4, 0.5) is 5.69 Å². The van der Waals surface area contributed by atoms with Gasteiger partial charge in [0, 0.05) is 29.9 Å². The van der Waals surface area contributed by atoms with Gasteiger partial charge in [-0.05, 0) is 6.07 Å². The molecule has 1 rings (SSSR count). The fraction of sp³-hybridized carbons (Fsp3) is 0.250. The molecule has 0 atom stereocenters.